The molecule has 1 amide bonds. The van der Waals surface area contributed by atoms with Gasteiger partial charge in [-0.2, -0.15) is 0 Å². The highest BCUT2D eigenvalue weighted by Crippen LogP contribution is 2.17. The van der Waals surface area contributed by atoms with Crippen molar-refractivity contribution >= 4 is 17.7 Å². The van der Waals surface area contributed by atoms with E-state index in [4.69, 9.17) is 0 Å². The third-order valence-corrected chi connectivity index (χ3v) is 3.34. The molecule has 0 saturated carbocycles. The van der Waals surface area contributed by atoms with E-state index in [0.717, 1.165) is 25.1 Å². The number of benzene rings is 1. The fraction of sp³-hybridized carbons (Fsp3) is 0.500. The zero-order chi connectivity index (χ0) is 12.5. The van der Waals surface area contributed by atoms with Crippen LogP contribution in [-0.2, 0) is 11.2 Å². The number of rotatable bonds is 7. The highest BCUT2D eigenvalue weighted by molar-refractivity contribution is 7.99. The van der Waals surface area contributed by atoms with Crippen LogP contribution in [0.3, 0.4) is 0 Å². The van der Waals surface area contributed by atoms with Gasteiger partial charge in [0.25, 0.3) is 0 Å². The molecule has 1 rings (SSSR count). The van der Waals surface area contributed by atoms with Crippen molar-refractivity contribution in [2.45, 2.75) is 38.0 Å². The van der Waals surface area contributed by atoms with Gasteiger partial charge in [0.2, 0.25) is 5.91 Å². The lowest BCUT2D eigenvalue weighted by molar-refractivity contribution is -0.121. The molecule has 0 unspecified atom stereocenters. The maximum Gasteiger partial charge on any atom is 0.219 e. The van der Waals surface area contributed by atoms with Gasteiger partial charge in [-0.25, -0.2) is 0 Å². The topological polar surface area (TPSA) is 29.1 Å². The summed E-state index contributed by atoms with van der Waals surface area (Å²) in [6.45, 7) is 4.91. The molecule has 0 atom stereocenters. The second kappa shape index (κ2) is 8.18. The number of carbonyl (C=O) groups is 1. The Labute approximate surface area is 108 Å². The zero-order valence-electron chi connectivity index (χ0n) is 10.7. The summed E-state index contributed by atoms with van der Waals surface area (Å²) < 4.78 is 0. The average Bonchev–Trinajstić information content (AvgIpc) is 2.32. The van der Waals surface area contributed by atoms with Crippen molar-refractivity contribution in [2.75, 3.05) is 12.3 Å². The van der Waals surface area contributed by atoms with Crippen molar-refractivity contribution in [3.63, 3.8) is 0 Å². The smallest absolute Gasteiger partial charge is 0.219 e. The van der Waals surface area contributed by atoms with Gasteiger partial charge in [0.05, 0.1) is 0 Å². The van der Waals surface area contributed by atoms with E-state index in [0.29, 0.717) is 6.42 Å². The highest BCUT2D eigenvalue weighted by Gasteiger charge is 1.99. The summed E-state index contributed by atoms with van der Waals surface area (Å²) in [6.07, 6.45) is 2.45. The Balaban J connectivity index is 2.29. The minimum Gasteiger partial charge on any atom is -0.356 e. The first kappa shape index (κ1) is 14.1. The predicted molar refractivity (Wildman–Crippen MR) is 74.5 cm³/mol. The fourth-order valence-corrected chi connectivity index (χ4v) is 2.24. The number of hydrogen-bond acceptors (Lipinski definition) is 2. The Morgan fingerprint density at radius 3 is 2.53 bits per heavy atom. The second-order valence-electron chi connectivity index (χ2n) is 3.93. The zero-order valence-corrected chi connectivity index (χ0v) is 11.5. The molecule has 0 aromatic heterocycles. The molecule has 17 heavy (non-hydrogen) atoms. The number of hydrogen-bond donors (Lipinski definition) is 1. The van der Waals surface area contributed by atoms with Gasteiger partial charge in [0, 0.05) is 17.9 Å². The monoisotopic (exact) mass is 251 g/mol. The van der Waals surface area contributed by atoms with Gasteiger partial charge in [-0.3, -0.25) is 4.79 Å². The van der Waals surface area contributed by atoms with Crippen LogP contribution in [0, 0.1) is 0 Å². The molecular formula is C14H21NOS. The Hall–Kier alpha value is -0.960. The molecule has 0 aliphatic rings. The summed E-state index contributed by atoms with van der Waals surface area (Å²) in [5.41, 5.74) is 1.28. The van der Waals surface area contributed by atoms with E-state index in [1.165, 1.54) is 10.5 Å². The summed E-state index contributed by atoms with van der Waals surface area (Å²) in [4.78, 5) is 12.6. The standard InChI is InChI=1S/C14H21NOS/c1-3-5-14(16)15-11-10-12-6-8-13(9-7-12)17-4-2/h6-9H,3-5,10-11H2,1-2H3,(H,15,16). The van der Waals surface area contributed by atoms with Gasteiger partial charge in [-0.15, -0.1) is 11.8 Å². The molecule has 1 aromatic rings. The van der Waals surface area contributed by atoms with Gasteiger partial charge >= 0.3 is 0 Å². The molecule has 3 heteroatoms. The summed E-state index contributed by atoms with van der Waals surface area (Å²) in [5.74, 6) is 1.26. The predicted octanol–water partition coefficient (Wildman–Crippen LogP) is 3.26. The van der Waals surface area contributed by atoms with Crippen LogP contribution in [0.1, 0.15) is 32.3 Å². The molecule has 0 fully saturated rings. The third-order valence-electron chi connectivity index (χ3n) is 2.45. The molecule has 1 N–H and O–H groups in total. The molecule has 1 aromatic carbocycles. The third kappa shape index (κ3) is 5.78. The van der Waals surface area contributed by atoms with Crippen LogP contribution in [-0.4, -0.2) is 18.2 Å². The molecule has 94 valence electrons. The number of amides is 1. The molecule has 0 spiro atoms. The summed E-state index contributed by atoms with van der Waals surface area (Å²) in [7, 11) is 0. The Morgan fingerprint density at radius 1 is 1.24 bits per heavy atom. The van der Waals surface area contributed by atoms with E-state index in [2.05, 4.69) is 36.5 Å². The first-order valence-corrected chi connectivity index (χ1v) is 7.23. The van der Waals surface area contributed by atoms with Gasteiger partial charge < -0.3 is 5.32 Å². The van der Waals surface area contributed by atoms with E-state index in [1.807, 2.05) is 18.7 Å². The van der Waals surface area contributed by atoms with Crippen molar-refractivity contribution in [1.82, 2.24) is 5.32 Å². The van der Waals surface area contributed by atoms with Gasteiger partial charge in [-0.1, -0.05) is 26.0 Å². The molecule has 0 aliphatic heterocycles. The van der Waals surface area contributed by atoms with E-state index in [1.54, 1.807) is 0 Å². The number of nitrogens with one attached hydrogen (secondary N) is 1. The quantitative estimate of drug-likeness (QED) is 0.754. The first-order chi connectivity index (χ1) is 8.26. The maximum absolute atomic E-state index is 11.3. The molecule has 0 bridgehead atoms. The van der Waals surface area contributed by atoms with Crippen LogP contribution in [0.4, 0.5) is 0 Å². The van der Waals surface area contributed by atoms with Crippen LogP contribution >= 0.6 is 11.8 Å². The Kier molecular flexibility index (Phi) is 6.78. The molecular weight excluding hydrogens is 230 g/mol. The van der Waals surface area contributed by atoms with Crippen molar-refractivity contribution in [3.8, 4) is 0 Å². The van der Waals surface area contributed by atoms with Gasteiger partial charge in [0.1, 0.15) is 0 Å². The van der Waals surface area contributed by atoms with Gasteiger partial charge in [0.15, 0.2) is 0 Å². The minimum absolute atomic E-state index is 0.158. The lowest BCUT2D eigenvalue weighted by Crippen LogP contribution is -2.25. The van der Waals surface area contributed by atoms with Crippen LogP contribution < -0.4 is 5.32 Å². The van der Waals surface area contributed by atoms with Crippen LogP contribution in [0.25, 0.3) is 0 Å². The largest absolute Gasteiger partial charge is 0.356 e. The van der Waals surface area contributed by atoms with E-state index < -0.39 is 0 Å². The summed E-state index contributed by atoms with van der Waals surface area (Å²) in [5, 5.41) is 2.93. The first-order valence-electron chi connectivity index (χ1n) is 6.24. The normalized spacial score (nSPS) is 10.2. The Morgan fingerprint density at radius 2 is 1.94 bits per heavy atom. The summed E-state index contributed by atoms with van der Waals surface area (Å²) in [6, 6.07) is 8.59. The second-order valence-corrected chi connectivity index (χ2v) is 5.26. The minimum atomic E-state index is 0.158. The molecule has 2 nitrogen and oxygen atoms in total. The Bertz CT molecular complexity index is 335. The number of carbonyl (C=O) groups excluding carboxylic acids is 1. The van der Waals surface area contributed by atoms with Crippen molar-refractivity contribution in [1.29, 1.82) is 0 Å². The van der Waals surface area contributed by atoms with Gasteiger partial charge in [-0.05, 0) is 36.3 Å². The average molecular weight is 251 g/mol. The lowest BCUT2D eigenvalue weighted by atomic mass is 10.1. The maximum atomic E-state index is 11.3. The van der Waals surface area contributed by atoms with Crippen LogP contribution in [0.2, 0.25) is 0 Å². The van der Waals surface area contributed by atoms with E-state index in [-0.39, 0.29) is 5.91 Å². The van der Waals surface area contributed by atoms with Crippen LogP contribution in [0.5, 0.6) is 0 Å². The highest BCUT2D eigenvalue weighted by atomic mass is 32.2. The van der Waals surface area contributed by atoms with Crippen LogP contribution in [0.15, 0.2) is 29.2 Å². The SMILES string of the molecule is CCCC(=O)NCCc1ccc(SCC)cc1. The lowest BCUT2D eigenvalue weighted by Gasteiger charge is -2.05. The summed E-state index contributed by atoms with van der Waals surface area (Å²) >= 11 is 1.85. The molecule has 0 aliphatic carbocycles. The molecule has 0 saturated heterocycles. The fourth-order valence-electron chi connectivity index (χ4n) is 1.58. The molecule has 0 heterocycles. The van der Waals surface area contributed by atoms with E-state index in [9.17, 15) is 4.79 Å². The van der Waals surface area contributed by atoms with E-state index >= 15 is 0 Å². The number of thioether (sulfide) groups is 1. The van der Waals surface area contributed by atoms with Crippen molar-refractivity contribution < 1.29 is 4.79 Å². The van der Waals surface area contributed by atoms with Crippen molar-refractivity contribution in [2.24, 2.45) is 0 Å². The molecule has 0 radical (unpaired) electrons. The van der Waals surface area contributed by atoms with Crippen molar-refractivity contribution in [3.05, 3.63) is 29.8 Å².